The minimum absolute atomic E-state index is 0.0161. The van der Waals surface area contributed by atoms with E-state index in [1.807, 2.05) is 0 Å². The van der Waals surface area contributed by atoms with Crippen LogP contribution in [0.1, 0.15) is 0 Å². The van der Waals surface area contributed by atoms with Crippen molar-refractivity contribution in [2.24, 2.45) is 0 Å². The molecule has 1 aromatic rings. The first kappa shape index (κ1) is 14.4. The molecule has 0 saturated heterocycles. The number of hydrogen-bond acceptors (Lipinski definition) is 4. The molecule has 7 heteroatoms. The predicted octanol–water partition coefficient (Wildman–Crippen LogP) is 2.65. The van der Waals surface area contributed by atoms with E-state index in [2.05, 4.69) is 10.1 Å². The molecule has 18 heavy (non-hydrogen) atoms. The summed E-state index contributed by atoms with van der Waals surface area (Å²) in [5.74, 6) is 1.09. The fourth-order valence-electron chi connectivity index (χ4n) is 1.30. The summed E-state index contributed by atoms with van der Waals surface area (Å²) in [6.07, 6.45) is -4.61. The van der Waals surface area contributed by atoms with Crippen molar-refractivity contribution in [3.8, 4) is 11.5 Å². The van der Waals surface area contributed by atoms with Crippen LogP contribution in [0.4, 0.5) is 18.9 Å². The summed E-state index contributed by atoms with van der Waals surface area (Å²) >= 11 is 0. The van der Waals surface area contributed by atoms with Crippen LogP contribution < -0.4 is 14.8 Å². The maximum atomic E-state index is 11.7. The smallest absolute Gasteiger partial charge is 0.497 e. The van der Waals surface area contributed by atoms with Crippen LogP contribution in [0.3, 0.4) is 0 Å². The molecule has 0 radical (unpaired) electrons. The fourth-order valence-corrected chi connectivity index (χ4v) is 1.30. The average Bonchev–Trinajstić information content (AvgIpc) is 2.33. The van der Waals surface area contributed by atoms with E-state index < -0.39 is 13.0 Å². The maximum Gasteiger partial charge on any atom is 0.522 e. The number of benzene rings is 1. The normalized spacial score (nSPS) is 11.2. The second-order valence-corrected chi connectivity index (χ2v) is 3.29. The first-order valence-corrected chi connectivity index (χ1v) is 5.13. The number of rotatable bonds is 6. The van der Waals surface area contributed by atoms with Crippen molar-refractivity contribution >= 4 is 5.69 Å². The molecule has 1 aromatic carbocycles. The molecule has 4 nitrogen and oxygen atoms in total. The van der Waals surface area contributed by atoms with Gasteiger partial charge in [-0.3, -0.25) is 4.74 Å². The topological polar surface area (TPSA) is 39.7 Å². The van der Waals surface area contributed by atoms with Gasteiger partial charge in [0.15, 0.2) is 0 Å². The number of methoxy groups -OCH3 is 2. The third kappa shape index (κ3) is 4.70. The van der Waals surface area contributed by atoms with Crippen LogP contribution in [-0.2, 0) is 4.74 Å². The number of hydrogen-bond donors (Lipinski definition) is 1. The van der Waals surface area contributed by atoms with Crippen LogP contribution >= 0.6 is 0 Å². The Morgan fingerprint density at radius 2 is 1.89 bits per heavy atom. The second-order valence-electron chi connectivity index (χ2n) is 3.29. The van der Waals surface area contributed by atoms with Crippen LogP contribution in [0, 0.1) is 0 Å². The van der Waals surface area contributed by atoms with Gasteiger partial charge in [0.05, 0.1) is 26.5 Å². The van der Waals surface area contributed by atoms with E-state index in [1.54, 1.807) is 18.2 Å². The van der Waals surface area contributed by atoms with Gasteiger partial charge in [-0.05, 0) is 12.1 Å². The van der Waals surface area contributed by atoms with E-state index in [-0.39, 0.29) is 6.54 Å². The van der Waals surface area contributed by atoms with Gasteiger partial charge in [0.25, 0.3) is 0 Å². The molecule has 0 aromatic heterocycles. The van der Waals surface area contributed by atoms with Gasteiger partial charge in [0.1, 0.15) is 11.5 Å². The van der Waals surface area contributed by atoms with E-state index in [0.29, 0.717) is 17.2 Å². The van der Waals surface area contributed by atoms with Gasteiger partial charge >= 0.3 is 6.36 Å². The third-order valence-electron chi connectivity index (χ3n) is 2.09. The summed E-state index contributed by atoms with van der Waals surface area (Å²) in [5, 5.41) is 2.78. The highest BCUT2D eigenvalue weighted by atomic mass is 19.4. The van der Waals surface area contributed by atoms with Crippen LogP contribution in [-0.4, -0.2) is 33.7 Å². The molecule has 1 rings (SSSR count). The van der Waals surface area contributed by atoms with Crippen LogP contribution in [0.15, 0.2) is 18.2 Å². The zero-order valence-electron chi connectivity index (χ0n) is 10.0. The molecule has 0 saturated carbocycles. The van der Waals surface area contributed by atoms with Gasteiger partial charge in [-0.2, -0.15) is 0 Å². The molecule has 0 fully saturated rings. The first-order valence-electron chi connectivity index (χ1n) is 5.13. The van der Waals surface area contributed by atoms with Crippen LogP contribution in [0.2, 0.25) is 0 Å². The van der Waals surface area contributed by atoms with Crippen LogP contribution in [0.5, 0.6) is 11.5 Å². The average molecular weight is 265 g/mol. The summed E-state index contributed by atoms with van der Waals surface area (Å²) in [5.41, 5.74) is 0.573. The van der Waals surface area contributed by atoms with E-state index in [4.69, 9.17) is 9.47 Å². The summed E-state index contributed by atoms with van der Waals surface area (Å²) in [4.78, 5) is 0. The molecule has 0 amide bonds. The van der Waals surface area contributed by atoms with Gasteiger partial charge in [0, 0.05) is 12.6 Å². The molecular formula is C11H14F3NO3. The molecular weight excluding hydrogens is 251 g/mol. The maximum absolute atomic E-state index is 11.7. The lowest BCUT2D eigenvalue weighted by molar-refractivity contribution is -0.322. The summed E-state index contributed by atoms with van der Waals surface area (Å²) in [6, 6.07) is 4.97. The highest BCUT2D eigenvalue weighted by molar-refractivity contribution is 5.59. The van der Waals surface area contributed by atoms with Gasteiger partial charge in [0.2, 0.25) is 0 Å². The van der Waals surface area contributed by atoms with Crippen LogP contribution in [0.25, 0.3) is 0 Å². The molecule has 0 bridgehead atoms. The van der Waals surface area contributed by atoms with Gasteiger partial charge < -0.3 is 14.8 Å². The molecule has 0 heterocycles. The lowest BCUT2D eigenvalue weighted by atomic mass is 10.2. The van der Waals surface area contributed by atoms with Crippen molar-refractivity contribution in [2.75, 3.05) is 32.7 Å². The predicted molar refractivity (Wildman–Crippen MR) is 60.0 cm³/mol. The SMILES string of the molecule is COc1ccc(NCCOC(F)(F)F)c(OC)c1. The lowest BCUT2D eigenvalue weighted by Crippen LogP contribution is -2.19. The molecule has 0 aliphatic heterocycles. The summed E-state index contributed by atoms with van der Waals surface area (Å²) in [7, 11) is 2.98. The first-order chi connectivity index (χ1) is 8.46. The second kappa shape index (κ2) is 6.34. The Hall–Kier alpha value is -1.63. The molecule has 0 aliphatic carbocycles. The molecule has 0 atom stereocenters. The molecule has 1 N–H and O–H groups in total. The Bertz CT molecular complexity index is 382. The monoisotopic (exact) mass is 265 g/mol. The molecule has 0 spiro atoms. The Labute approximate surface area is 103 Å². The highest BCUT2D eigenvalue weighted by Crippen LogP contribution is 2.28. The molecule has 0 unspecified atom stereocenters. The van der Waals surface area contributed by atoms with Crippen molar-refractivity contribution in [1.82, 2.24) is 0 Å². The van der Waals surface area contributed by atoms with E-state index >= 15 is 0 Å². The van der Waals surface area contributed by atoms with E-state index in [1.165, 1.54) is 14.2 Å². The van der Waals surface area contributed by atoms with E-state index in [0.717, 1.165) is 0 Å². The van der Waals surface area contributed by atoms with E-state index in [9.17, 15) is 13.2 Å². The minimum Gasteiger partial charge on any atom is -0.497 e. The Kier molecular flexibility index (Phi) is 5.08. The zero-order valence-corrected chi connectivity index (χ0v) is 10.0. The number of ether oxygens (including phenoxy) is 3. The van der Waals surface area contributed by atoms with Crippen molar-refractivity contribution in [3.05, 3.63) is 18.2 Å². The molecule has 0 aliphatic rings. The van der Waals surface area contributed by atoms with Gasteiger partial charge in [-0.1, -0.05) is 0 Å². The van der Waals surface area contributed by atoms with Crippen molar-refractivity contribution in [3.63, 3.8) is 0 Å². The van der Waals surface area contributed by atoms with Crippen molar-refractivity contribution < 1.29 is 27.4 Å². The summed E-state index contributed by atoms with van der Waals surface area (Å²) < 4.78 is 48.9. The highest BCUT2D eigenvalue weighted by Gasteiger charge is 2.28. The quantitative estimate of drug-likeness (QED) is 0.803. The largest absolute Gasteiger partial charge is 0.522 e. The molecule has 102 valence electrons. The van der Waals surface area contributed by atoms with Crippen molar-refractivity contribution in [1.29, 1.82) is 0 Å². The number of alkyl halides is 3. The Balaban J connectivity index is 2.51. The Morgan fingerprint density at radius 1 is 1.17 bits per heavy atom. The minimum atomic E-state index is -4.61. The third-order valence-corrected chi connectivity index (χ3v) is 2.09. The number of anilines is 1. The number of halogens is 3. The summed E-state index contributed by atoms with van der Waals surface area (Å²) in [6.45, 7) is -0.457. The Morgan fingerprint density at radius 3 is 2.44 bits per heavy atom. The van der Waals surface area contributed by atoms with Gasteiger partial charge in [-0.15, -0.1) is 13.2 Å². The van der Waals surface area contributed by atoms with Gasteiger partial charge in [-0.25, -0.2) is 0 Å². The lowest BCUT2D eigenvalue weighted by Gasteiger charge is -2.13. The van der Waals surface area contributed by atoms with Crippen molar-refractivity contribution in [2.45, 2.75) is 6.36 Å². The standard InChI is InChI=1S/C11H14F3NO3/c1-16-8-3-4-9(10(7-8)17-2)15-5-6-18-11(12,13)14/h3-4,7,15H,5-6H2,1-2H3. The zero-order chi connectivity index (χ0) is 13.6. The fraction of sp³-hybridized carbons (Fsp3) is 0.455. The number of nitrogens with one attached hydrogen (secondary N) is 1.